The van der Waals surface area contributed by atoms with Crippen molar-refractivity contribution in [3.63, 3.8) is 0 Å². The monoisotopic (exact) mass is 252 g/mol. The lowest BCUT2D eigenvalue weighted by Crippen LogP contribution is -2.01. The van der Waals surface area contributed by atoms with Gasteiger partial charge < -0.3 is 15.6 Å². The fourth-order valence-electron chi connectivity index (χ4n) is 1.37. The number of nitrogens with zero attached hydrogens (tertiary/aromatic N) is 1. The summed E-state index contributed by atoms with van der Waals surface area (Å²) < 4.78 is 31.5. The van der Waals surface area contributed by atoms with Crippen LogP contribution in [0.25, 0.3) is 0 Å². The standard InChI is InChI=1S/C12H10F2N2O2/c13-8-5-9(14)12(16-11(8)15)18-10-4-2-1-3-7(10)6-17/h1-5,17H,6H2,(H2,15,16). The molecule has 4 nitrogen and oxygen atoms in total. The maximum atomic E-state index is 13.4. The SMILES string of the molecule is Nc1nc(Oc2ccccc2CO)c(F)cc1F. The molecule has 0 aliphatic heterocycles. The van der Waals surface area contributed by atoms with Gasteiger partial charge in [0.15, 0.2) is 17.5 Å². The number of aliphatic hydroxyl groups excluding tert-OH is 1. The van der Waals surface area contributed by atoms with Crippen LogP contribution in [0.15, 0.2) is 30.3 Å². The molecule has 0 saturated heterocycles. The van der Waals surface area contributed by atoms with Crippen LogP contribution in [0.4, 0.5) is 14.6 Å². The molecule has 1 aromatic heterocycles. The highest BCUT2D eigenvalue weighted by molar-refractivity contribution is 5.39. The third kappa shape index (κ3) is 2.38. The summed E-state index contributed by atoms with van der Waals surface area (Å²) in [6.07, 6.45) is 0. The number of pyridine rings is 1. The zero-order valence-corrected chi connectivity index (χ0v) is 9.23. The van der Waals surface area contributed by atoms with E-state index in [0.29, 0.717) is 11.6 Å². The number of ether oxygens (including phenoxy) is 1. The zero-order chi connectivity index (χ0) is 13.1. The number of anilines is 1. The minimum absolute atomic E-state index is 0.234. The van der Waals surface area contributed by atoms with Crippen LogP contribution >= 0.6 is 0 Å². The van der Waals surface area contributed by atoms with Gasteiger partial charge in [-0.3, -0.25) is 0 Å². The molecule has 1 heterocycles. The van der Waals surface area contributed by atoms with Crippen molar-refractivity contribution in [3.8, 4) is 11.6 Å². The smallest absolute Gasteiger partial charge is 0.258 e. The lowest BCUT2D eigenvalue weighted by atomic mass is 10.2. The van der Waals surface area contributed by atoms with Crippen LogP contribution in [0.2, 0.25) is 0 Å². The second-order valence-corrected chi connectivity index (χ2v) is 3.51. The molecule has 0 spiro atoms. The molecule has 0 aliphatic rings. The van der Waals surface area contributed by atoms with Gasteiger partial charge in [0.05, 0.1) is 6.61 Å². The van der Waals surface area contributed by atoms with Crippen LogP contribution in [-0.2, 0) is 6.61 Å². The van der Waals surface area contributed by atoms with Gasteiger partial charge in [-0.2, -0.15) is 4.98 Å². The second kappa shape index (κ2) is 4.97. The van der Waals surface area contributed by atoms with E-state index in [9.17, 15) is 8.78 Å². The van der Waals surface area contributed by atoms with Crippen molar-refractivity contribution < 1.29 is 18.6 Å². The average Bonchev–Trinajstić information content (AvgIpc) is 2.36. The summed E-state index contributed by atoms with van der Waals surface area (Å²) in [5, 5.41) is 9.09. The Bertz CT molecular complexity index is 576. The molecule has 1 aromatic carbocycles. The topological polar surface area (TPSA) is 68.4 Å². The van der Waals surface area contributed by atoms with Crippen LogP contribution in [-0.4, -0.2) is 10.1 Å². The van der Waals surface area contributed by atoms with E-state index in [1.54, 1.807) is 18.2 Å². The van der Waals surface area contributed by atoms with E-state index in [-0.39, 0.29) is 12.4 Å². The molecule has 3 N–H and O–H groups in total. The molecule has 0 fully saturated rings. The van der Waals surface area contributed by atoms with E-state index >= 15 is 0 Å². The maximum absolute atomic E-state index is 13.4. The molecule has 0 atom stereocenters. The summed E-state index contributed by atoms with van der Waals surface area (Å²) in [5.41, 5.74) is 5.69. The maximum Gasteiger partial charge on any atom is 0.258 e. The van der Waals surface area contributed by atoms with Gasteiger partial charge in [-0.1, -0.05) is 18.2 Å². The Kier molecular flexibility index (Phi) is 3.38. The van der Waals surface area contributed by atoms with Gasteiger partial charge in [0.1, 0.15) is 5.75 Å². The van der Waals surface area contributed by atoms with Gasteiger partial charge in [0, 0.05) is 11.6 Å². The van der Waals surface area contributed by atoms with E-state index in [2.05, 4.69) is 4.98 Å². The largest absolute Gasteiger partial charge is 0.436 e. The highest BCUT2D eigenvalue weighted by Gasteiger charge is 2.13. The highest BCUT2D eigenvalue weighted by atomic mass is 19.1. The van der Waals surface area contributed by atoms with E-state index in [1.165, 1.54) is 6.07 Å². The first kappa shape index (κ1) is 12.3. The fraction of sp³-hybridized carbons (Fsp3) is 0.0833. The number of nitrogens with two attached hydrogens (primary N) is 1. The summed E-state index contributed by atoms with van der Waals surface area (Å²) in [7, 11) is 0. The summed E-state index contributed by atoms with van der Waals surface area (Å²) in [4.78, 5) is 3.47. The quantitative estimate of drug-likeness (QED) is 0.878. The van der Waals surface area contributed by atoms with Crippen molar-refractivity contribution in [3.05, 3.63) is 47.5 Å². The van der Waals surface area contributed by atoms with Gasteiger partial charge in [-0.25, -0.2) is 8.78 Å². The molecular formula is C12H10F2N2O2. The molecule has 0 aliphatic carbocycles. The Morgan fingerprint density at radius 3 is 2.67 bits per heavy atom. The number of hydrogen-bond acceptors (Lipinski definition) is 4. The van der Waals surface area contributed by atoms with E-state index in [4.69, 9.17) is 15.6 Å². The third-order valence-electron chi connectivity index (χ3n) is 2.27. The second-order valence-electron chi connectivity index (χ2n) is 3.51. The summed E-state index contributed by atoms with van der Waals surface area (Å²) >= 11 is 0. The number of aromatic nitrogens is 1. The fourth-order valence-corrected chi connectivity index (χ4v) is 1.37. The normalized spacial score (nSPS) is 10.4. The van der Waals surface area contributed by atoms with Crippen LogP contribution < -0.4 is 10.5 Å². The predicted octanol–water partition coefficient (Wildman–Crippen LogP) is 2.23. The van der Waals surface area contributed by atoms with Gasteiger partial charge in [-0.05, 0) is 6.07 Å². The van der Waals surface area contributed by atoms with Crippen molar-refractivity contribution in [2.45, 2.75) is 6.61 Å². The predicted molar refractivity (Wildman–Crippen MR) is 61.0 cm³/mol. The van der Waals surface area contributed by atoms with Crippen molar-refractivity contribution in [1.29, 1.82) is 0 Å². The highest BCUT2D eigenvalue weighted by Crippen LogP contribution is 2.27. The number of rotatable bonds is 3. The van der Waals surface area contributed by atoms with Crippen molar-refractivity contribution in [2.24, 2.45) is 0 Å². The first-order chi connectivity index (χ1) is 8.61. The lowest BCUT2D eigenvalue weighted by molar-refractivity contribution is 0.275. The minimum Gasteiger partial charge on any atom is -0.436 e. The van der Waals surface area contributed by atoms with Crippen molar-refractivity contribution in [2.75, 3.05) is 5.73 Å². The molecule has 0 radical (unpaired) electrons. The molecule has 2 aromatic rings. The number of benzene rings is 1. The van der Waals surface area contributed by atoms with E-state index < -0.39 is 23.3 Å². The molecule has 2 rings (SSSR count). The van der Waals surface area contributed by atoms with Crippen LogP contribution in [0, 0.1) is 11.6 Å². The number of para-hydroxylation sites is 1. The first-order valence-electron chi connectivity index (χ1n) is 5.10. The number of aliphatic hydroxyl groups is 1. The van der Waals surface area contributed by atoms with E-state index in [0.717, 1.165) is 0 Å². The molecule has 0 amide bonds. The van der Waals surface area contributed by atoms with Gasteiger partial charge in [0.25, 0.3) is 5.88 Å². The molecule has 94 valence electrons. The molecule has 6 heteroatoms. The summed E-state index contributed by atoms with van der Waals surface area (Å²) in [5.74, 6) is -2.56. The van der Waals surface area contributed by atoms with Crippen LogP contribution in [0.5, 0.6) is 11.6 Å². The van der Waals surface area contributed by atoms with E-state index in [1.807, 2.05) is 0 Å². The Morgan fingerprint density at radius 2 is 1.94 bits per heavy atom. The minimum atomic E-state index is -0.963. The Hall–Kier alpha value is -2.21. The zero-order valence-electron chi connectivity index (χ0n) is 9.23. The van der Waals surface area contributed by atoms with Gasteiger partial charge >= 0.3 is 0 Å². The van der Waals surface area contributed by atoms with Crippen molar-refractivity contribution in [1.82, 2.24) is 4.98 Å². The average molecular weight is 252 g/mol. The van der Waals surface area contributed by atoms with Crippen LogP contribution in [0.1, 0.15) is 5.56 Å². The summed E-state index contributed by atoms with van der Waals surface area (Å²) in [6.45, 7) is -0.269. The molecule has 0 bridgehead atoms. The van der Waals surface area contributed by atoms with Gasteiger partial charge in [0.2, 0.25) is 0 Å². The lowest BCUT2D eigenvalue weighted by Gasteiger charge is -2.09. The molecular weight excluding hydrogens is 242 g/mol. The third-order valence-corrected chi connectivity index (χ3v) is 2.27. The number of hydrogen-bond donors (Lipinski definition) is 2. The van der Waals surface area contributed by atoms with Gasteiger partial charge in [-0.15, -0.1) is 0 Å². The molecule has 0 saturated carbocycles. The van der Waals surface area contributed by atoms with Crippen molar-refractivity contribution >= 4 is 5.82 Å². The Labute approximate surface area is 102 Å². The molecule has 18 heavy (non-hydrogen) atoms. The summed E-state index contributed by atoms with van der Waals surface area (Å²) in [6, 6.07) is 7.09. The number of nitrogen functional groups attached to an aromatic ring is 1. The Balaban J connectivity index is 2.37. The van der Waals surface area contributed by atoms with Crippen LogP contribution in [0.3, 0.4) is 0 Å². The number of halogens is 2. The Morgan fingerprint density at radius 1 is 1.22 bits per heavy atom. The molecule has 0 unspecified atom stereocenters. The first-order valence-corrected chi connectivity index (χ1v) is 5.10.